The molecule has 0 aliphatic carbocycles. The maximum Gasteiger partial charge on any atom is 0.259 e. The van der Waals surface area contributed by atoms with Gasteiger partial charge in [-0.2, -0.15) is 0 Å². The van der Waals surface area contributed by atoms with E-state index in [1.165, 1.54) is 0 Å². The summed E-state index contributed by atoms with van der Waals surface area (Å²) in [4.78, 5) is 36.7. The number of nitrogens with two attached hydrogens (primary N) is 1. The fraction of sp³-hybridized carbons (Fsp3) is 0.583. The van der Waals surface area contributed by atoms with Gasteiger partial charge in [-0.05, 0) is 24.5 Å². The number of carbonyl (C=O) groups excluding carboxylic acids is 2. The Hall–Kier alpha value is -2.36. The molecular formula is C24H38Cl2N6O3. The minimum atomic E-state index is -0.345. The van der Waals surface area contributed by atoms with E-state index in [-0.39, 0.29) is 59.9 Å². The van der Waals surface area contributed by atoms with Crippen molar-refractivity contribution in [3.05, 3.63) is 41.7 Å². The van der Waals surface area contributed by atoms with Gasteiger partial charge in [0.25, 0.3) is 5.91 Å². The van der Waals surface area contributed by atoms with Crippen LogP contribution in [0.3, 0.4) is 0 Å². The number of anilines is 1. The maximum absolute atomic E-state index is 13.8. The summed E-state index contributed by atoms with van der Waals surface area (Å²) in [6.45, 7) is 12.3. The second-order valence-corrected chi connectivity index (χ2v) is 10.1. The smallest absolute Gasteiger partial charge is 0.259 e. The number of carbonyl (C=O) groups is 2. The molecule has 0 spiro atoms. The zero-order valence-electron chi connectivity index (χ0n) is 21.0. The van der Waals surface area contributed by atoms with E-state index in [4.69, 9.17) is 15.1 Å². The Kier molecular flexibility index (Phi) is 11.5. The number of primary amides is 1. The Morgan fingerprint density at radius 1 is 1.29 bits per heavy atom. The van der Waals surface area contributed by atoms with Crippen LogP contribution in [0.2, 0.25) is 0 Å². The summed E-state index contributed by atoms with van der Waals surface area (Å²) in [7, 11) is 0. The lowest BCUT2D eigenvalue weighted by atomic mass is 9.93. The number of nitrogens with zero attached hydrogens (tertiary/aromatic N) is 3. The standard InChI is InChI=1S/C24H36N6O3.2ClH/c1-15(2)14-30(17-9-16(20(25)31)10-26-11-17)22(32)19-13-28-23(24(3,4)5)29-21(19)27-12-18-7-6-8-33-18;;/h6-8,13,15-17,26H,9-12,14H2,1-5H3,(H2,25,31)(H,27,28,29);2*1H/t16-,17?;;/m1../s1. The van der Waals surface area contributed by atoms with Crippen LogP contribution in [-0.2, 0) is 16.8 Å². The van der Waals surface area contributed by atoms with Crippen LogP contribution in [0.5, 0.6) is 0 Å². The number of hydrogen-bond acceptors (Lipinski definition) is 7. The highest BCUT2D eigenvalue weighted by molar-refractivity contribution is 5.98. The number of nitrogens with one attached hydrogen (secondary N) is 2. The lowest BCUT2D eigenvalue weighted by molar-refractivity contribution is -0.122. The molecule has 1 saturated heterocycles. The van der Waals surface area contributed by atoms with Crippen molar-refractivity contribution in [2.24, 2.45) is 17.6 Å². The third-order valence-electron chi connectivity index (χ3n) is 5.69. The van der Waals surface area contributed by atoms with Gasteiger partial charge in [-0.15, -0.1) is 24.8 Å². The van der Waals surface area contributed by atoms with Gasteiger partial charge in [0.15, 0.2) is 0 Å². The summed E-state index contributed by atoms with van der Waals surface area (Å²) in [5.41, 5.74) is 5.69. The second kappa shape index (κ2) is 13.1. The lowest BCUT2D eigenvalue weighted by Gasteiger charge is -2.38. The Bertz CT molecular complexity index is 963. The summed E-state index contributed by atoms with van der Waals surface area (Å²) in [5.74, 6) is 1.29. The summed E-state index contributed by atoms with van der Waals surface area (Å²) < 4.78 is 5.43. The van der Waals surface area contributed by atoms with E-state index >= 15 is 0 Å². The highest BCUT2D eigenvalue weighted by atomic mass is 35.5. The van der Waals surface area contributed by atoms with Gasteiger partial charge in [0.1, 0.15) is 23.0 Å². The van der Waals surface area contributed by atoms with Crippen LogP contribution in [0.25, 0.3) is 0 Å². The van der Waals surface area contributed by atoms with Crippen molar-refractivity contribution in [2.75, 3.05) is 25.0 Å². The predicted octanol–water partition coefficient (Wildman–Crippen LogP) is 3.38. The maximum atomic E-state index is 13.8. The second-order valence-electron chi connectivity index (χ2n) is 10.1. The van der Waals surface area contributed by atoms with Gasteiger partial charge in [-0.25, -0.2) is 9.97 Å². The Morgan fingerprint density at radius 3 is 2.57 bits per heavy atom. The summed E-state index contributed by atoms with van der Waals surface area (Å²) >= 11 is 0. The van der Waals surface area contributed by atoms with Crippen molar-refractivity contribution >= 4 is 42.4 Å². The predicted molar refractivity (Wildman–Crippen MR) is 141 cm³/mol. The van der Waals surface area contributed by atoms with Gasteiger partial charge in [0, 0.05) is 37.3 Å². The first-order valence-corrected chi connectivity index (χ1v) is 11.5. The number of aromatic nitrogens is 2. The molecule has 1 aliphatic heterocycles. The molecule has 0 saturated carbocycles. The number of rotatable bonds is 8. The summed E-state index contributed by atoms with van der Waals surface area (Å²) in [6.07, 6.45) is 3.76. The first kappa shape index (κ1) is 30.7. The van der Waals surface area contributed by atoms with Crippen LogP contribution in [-0.4, -0.2) is 52.4 Å². The highest BCUT2D eigenvalue weighted by Gasteiger charge is 2.34. The zero-order valence-corrected chi connectivity index (χ0v) is 22.7. The van der Waals surface area contributed by atoms with Gasteiger partial charge in [0.2, 0.25) is 5.91 Å². The molecular weight excluding hydrogens is 491 g/mol. The van der Waals surface area contributed by atoms with Crippen molar-refractivity contribution in [3.63, 3.8) is 0 Å². The van der Waals surface area contributed by atoms with Gasteiger partial charge in [0.05, 0.1) is 18.7 Å². The normalized spacial score (nSPS) is 17.8. The largest absolute Gasteiger partial charge is 0.467 e. The van der Waals surface area contributed by atoms with Crippen LogP contribution in [0, 0.1) is 11.8 Å². The monoisotopic (exact) mass is 528 g/mol. The molecule has 9 nitrogen and oxygen atoms in total. The van der Waals surface area contributed by atoms with E-state index < -0.39 is 0 Å². The number of piperidine rings is 1. The Morgan fingerprint density at radius 2 is 2.00 bits per heavy atom. The molecule has 11 heteroatoms. The van der Waals surface area contributed by atoms with Crippen LogP contribution in [0.1, 0.15) is 63.0 Å². The Balaban J connectivity index is 0.00000306. The average Bonchev–Trinajstić information content (AvgIpc) is 3.28. The summed E-state index contributed by atoms with van der Waals surface area (Å²) in [5, 5.41) is 6.52. The van der Waals surface area contributed by atoms with Crippen molar-refractivity contribution in [1.29, 1.82) is 0 Å². The molecule has 0 aromatic carbocycles. The number of halogens is 2. The van der Waals surface area contributed by atoms with Crippen LogP contribution in [0.15, 0.2) is 29.0 Å². The van der Waals surface area contributed by atoms with E-state index in [0.29, 0.717) is 49.8 Å². The van der Waals surface area contributed by atoms with Crippen molar-refractivity contribution in [3.8, 4) is 0 Å². The molecule has 1 unspecified atom stereocenters. The van der Waals surface area contributed by atoms with Gasteiger partial charge < -0.3 is 25.7 Å². The number of amides is 2. The zero-order chi connectivity index (χ0) is 24.2. The van der Waals surface area contributed by atoms with E-state index in [1.807, 2.05) is 37.8 Å². The molecule has 196 valence electrons. The fourth-order valence-electron chi connectivity index (χ4n) is 3.94. The molecule has 3 rings (SSSR count). The fourth-order valence-corrected chi connectivity index (χ4v) is 3.94. The lowest BCUT2D eigenvalue weighted by Crippen LogP contribution is -2.54. The molecule has 4 N–H and O–H groups in total. The van der Waals surface area contributed by atoms with Gasteiger partial charge in [-0.3, -0.25) is 9.59 Å². The van der Waals surface area contributed by atoms with E-state index in [9.17, 15) is 9.59 Å². The molecule has 2 atom stereocenters. The summed E-state index contributed by atoms with van der Waals surface area (Å²) in [6, 6.07) is 3.54. The van der Waals surface area contributed by atoms with Crippen molar-refractivity contribution < 1.29 is 14.0 Å². The molecule has 0 bridgehead atoms. The molecule has 0 radical (unpaired) electrons. The van der Waals surface area contributed by atoms with Crippen LogP contribution < -0.4 is 16.4 Å². The van der Waals surface area contributed by atoms with Gasteiger partial charge in [-0.1, -0.05) is 34.6 Å². The van der Waals surface area contributed by atoms with Gasteiger partial charge >= 0.3 is 0 Å². The highest BCUT2D eigenvalue weighted by Crippen LogP contribution is 2.25. The molecule has 35 heavy (non-hydrogen) atoms. The quantitative estimate of drug-likeness (QED) is 0.479. The average molecular weight is 530 g/mol. The van der Waals surface area contributed by atoms with Crippen LogP contribution in [0.4, 0.5) is 5.82 Å². The third-order valence-corrected chi connectivity index (χ3v) is 5.69. The molecule has 1 fully saturated rings. The molecule has 3 heterocycles. The minimum absolute atomic E-state index is 0. The minimum Gasteiger partial charge on any atom is -0.467 e. The third kappa shape index (κ3) is 8.08. The molecule has 1 aliphatic rings. The van der Waals surface area contributed by atoms with E-state index in [1.54, 1.807) is 12.5 Å². The number of furan rings is 1. The van der Waals surface area contributed by atoms with E-state index in [0.717, 1.165) is 5.76 Å². The topological polar surface area (TPSA) is 126 Å². The van der Waals surface area contributed by atoms with Crippen LogP contribution >= 0.6 is 24.8 Å². The molecule has 2 amide bonds. The van der Waals surface area contributed by atoms with Crippen molar-refractivity contribution in [2.45, 2.75) is 59.0 Å². The number of hydrogen-bond donors (Lipinski definition) is 3. The SMILES string of the molecule is CC(C)CN(C(=O)c1cnc(C(C)(C)C)nc1NCc1ccco1)C1CNC[C@H](C(N)=O)C1.Cl.Cl. The van der Waals surface area contributed by atoms with E-state index in [2.05, 4.69) is 29.5 Å². The first-order valence-electron chi connectivity index (χ1n) is 11.5. The molecule has 2 aromatic rings. The Labute approximate surface area is 219 Å². The molecule has 2 aromatic heterocycles. The van der Waals surface area contributed by atoms with Crippen molar-refractivity contribution in [1.82, 2.24) is 20.2 Å². The first-order chi connectivity index (χ1) is 15.6.